The van der Waals surface area contributed by atoms with E-state index in [1.54, 1.807) is 6.08 Å². The van der Waals surface area contributed by atoms with Crippen LogP contribution in [0.2, 0.25) is 0 Å². The number of aliphatic imine (C=N–C) groups is 1. The van der Waals surface area contributed by atoms with Gasteiger partial charge in [0.15, 0.2) is 0 Å². The van der Waals surface area contributed by atoms with Gasteiger partial charge in [-0.3, -0.25) is 14.3 Å². The van der Waals surface area contributed by atoms with Crippen molar-refractivity contribution in [2.24, 2.45) is 4.99 Å². The Morgan fingerprint density at radius 2 is 1.79 bits per heavy atom. The molecule has 146 valence electrons. The SMILES string of the molecule is CCCCn1c(O)c(C=C2C(c3ccccc3)=Nc3ccccc32)c(=O)[nH]c1=O. The van der Waals surface area contributed by atoms with Crippen molar-refractivity contribution in [2.75, 3.05) is 0 Å². The number of aromatic nitrogens is 2. The largest absolute Gasteiger partial charge is 0.494 e. The predicted octanol–water partition coefficient (Wildman–Crippen LogP) is 3.72. The van der Waals surface area contributed by atoms with Crippen LogP contribution in [-0.4, -0.2) is 20.4 Å². The van der Waals surface area contributed by atoms with Crippen molar-refractivity contribution < 1.29 is 5.11 Å². The molecule has 0 saturated carbocycles. The number of hydrogen-bond acceptors (Lipinski definition) is 4. The van der Waals surface area contributed by atoms with E-state index in [9.17, 15) is 14.7 Å². The predicted molar refractivity (Wildman–Crippen MR) is 115 cm³/mol. The number of hydrogen-bond donors (Lipinski definition) is 2. The third kappa shape index (κ3) is 3.45. The summed E-state index contributed by atoms with van der Waals surface area (Å²) in [5.41, 5.74) is 2.85. The topological polar surface area (TPSA) is 87.4 Å². The molecule has 2 N–H and O–H groups in total. The quantitative estimate of drug-likeness (QED) is 0.699. The summed E-state index contributed by atoms with van der Waals surface area (Å²) >= 11 is 0. The number of para-hydroxylation sites is 1. The van der Waals surface area contributed by atoms with Gasteiger partial charge in [-0.05, 0) is 18.6 Å². The van der Waals surface area contributed by atoms with E-state index in [2.05, 4.69) is 4.98 Å². The van der Waals surface area contributed by atoms with Crippen LogP contribution in [0.4, 0.5) is 5.69 Å². The molecular formula is C23H21N3O3. The third-order valence-electron chi connectivity index (χ3n) is 4.96. The van der Waals surface area contributed by atoms with Crippen molar-refractivity contribution in [1.82, 2.24) is 9.55 Å². The Morgan fingerprint density at radius 3 is 2.55 bits per heavy atom. The fraction of sp³-hybridized carbons (Fsp3) is 0.174. The van der Waals surface area contributed by atoms with Gasteiger partial charge >= 0.3 is 5.69 Å². The molecule has 0 aliphatic carbocycles. The number of aromatic hydroxyl groups is 1. The zero-order valence-corrected chi connectivity index (χ0v) is 16.1. The molecule has 6 heteroatoms. The molecule has 0 fully saturated rings. The fourth-order valence-corrected chi connectivity index (χ4v) is 3.44. The van der Waals surface area contributed by atoms with Gasteiger partial charge in [0, 0.05) is 23.2 Å². The number of H-pyrrole nitrogens is 1. The fourth-order valence-electron chi connectivity index (χ4n) is 3.44. The molecule has 2 aromatic carbocycles. The molecule has 1 aliphatic heterocycles. The lowest BCUT2D eigenvalue weighted by Crippen LogP contribution is -2.31. The van der Waals surface area contributed by atoms with Gasteiger partial charge in [0.1, 0.15) is 5.56 Å². The summed E-state index contributed by atoms with van der Waals surface area (Å²) in [6.07, 6.45) is 3.20. The number of benzene rings is 2. The summed E-state index contributed by atoms with van der Waals surface area (Å²) in [5.74, 6) is -0.323. The van der Waals surface area contributed by atoms with Crippen molar-refractivity contribution in [1.29, 1.82) is 0 Å². The average Bonchev–Trinajstić information content (AvgIpc) is 3.10. The lowest BCUT2D eigenvalue weighted by atomic mass is 9.96. The molecule has 0 atom stereocenters. The highest BCUT2D eigenvalue weighted by atomic mass is 16.3. The first-order valence-electron chi connectivity index (χ1n) is 9.62. The Balaban J connectivity index is 1.92. The number of unbranched alkanes of at least 4 members (excludes halogenated alkanes) is 1. The standard InChI is InChI=1S/C23H21N3O3/c1-2-3-13-26-22(28)18(21(27)25-23(26)29)14-17-16-11-7-8-12-19(16)24-20(17)15-9-5-4-6-10-15/h4-12,14,28H,2-3,13H2,1H3,(H,25,27,29). The summed E-state index contributed by atoms with van der Waals surface area (Å²) in [6, 6.07) is 17.3. The Morgan fingerprint density at radius 1 is 1.07 bits per heavy atom. The van der Waals surface area contributed by atoms with Crippen molar-refractivity contribution in [3.8, 4) is 5.88 Å². The molecule has 4 rings (SSSR count). The molecular weight excluding hydrogens is 366 g/mol. The Labute approximate surface area is 167 Å². The maximum Gasteiger partial charge on any atom is 0.331 e. The number of nitrogens with one attached hydrogen (secondary N) is 1. The summed E-state index contributed by atoms with van der Waals surface area (Å²) in [4.78, 5) is 31.7. The van der Waals surface area contributed by atoms with Crippen LogP contribution in [0.3, 0.4) is 0 Å². The molecule has 1 aliphatic rings. The van der Waals surface area contributed by atoms with Gasteiger partial charge in [0.2, 0.25) is 5.88 Å². The van der Waals surface area contributed by atoms with Crippen LogP contribution in [0, 0.1) is 0 Å². The van der Waals surface area contributed by atoms with Crippen LogP contribution in [-0.2, 0) is 6.54 Å². The second-order valence-electron chi connectivity index (χ2n) is 6.90. The minimum Gasteiger partial charge on any atom is -0.494 e. The van der Waals surface area contributed by atoms with Crippen molar-refractivity contribution >= 4 is 23.0 Å². The molecule has 3 aromatic rings. The zero-order valence-electron chi connectivity index (χ0n) is 16.1. The molecule has 0 unspecified atom stereocenters. The second-order valence-corrected chi connectivity index (χ2v) is 6.90. The van der Waals surface area contributed by atoms with Crippen LogP contribution in [0.5, 0.6) is 5.88 Å². The number of nitrogens with zero attached hydrogens (tertiary/aromatic N) is 2. The highest BCUT2D eigenvalue weighted by Crippen LogP contribution is 2.38. The van der Waals surface area contributed by atoms with Crippen LogP contribution in [0.15, 0.2) is 69.2 Å². The summed E-state index contributed by atoms with van der Waals surface area (Å²) in [5, 5.41) is 10.7. The highest BCUT2D eigenvalue weighted by molar-refractivity contribution is 6.39. The van der Waals surface area contributed by atoms with E-state index in [1.807, 2.05) is 61.5 Å². The molecule has 2 heterocycles. The monoisotopic (exact) mass is 387 g/mol. The van der Waals surface area contributed by atoms with Gasteiger partial charge in [0.05, 0.1) is 11.4 Å². The van der Waals surface area contributed by atoms with Crippen LogP contribution in [0.1, 0.15) is 36.5 Å². The number of rotatable bonds is 5. The van der Waals surface area contributed by atoms with Gasteiger partial charge in [-0.25, -0.2) is 9.79 Å². The first-order chi connectivity index (χ1) is 14.1. The van der Waals surface area contributed by atoms with Gasteiger partial charge < -0.3 is 5.11 Å². The smallest absolute Gasteiger partial charge is 0.331 e. The van der Waals surface area contributed by atoms with E-state index in [1.165, 1.54) is 4.57 Å². The molecule has 6 nitrogen and oxygen atoms in total. The van der Waals surface area contributed by atoms with E-state index in [-0.39, 0.29) is 11.4 Å². The molecule has 0 amide bonds. The normalized spacial score (nSPS) is 14.1. The Hall–Kier alpha value is -3.67. The van der Waals surface area contributed by atoms with Crippen molar-refractivity contribution in [3.05, 3.63) is 92.1 Å². The van der Waals surface area contributed by atoms with Gasteiger partial charge in [-0.15, -0.1) is 0 Å². The highest BCUT2D eigenvalue weighted by Gasteiger charge is 2.23. The van der Waals surface area contributed by atoms with Crippen molar-refractivity contribution in [3.63, 3.8) is 0 Å². The average molecular weight is 387 g/mol. The van der Waals surface area contributed by atoms with Crippen LogP contribution in [0.25, 0.3) is 11.6 Å². The molecule has 0 bridgehead atoms. The third-order valence-corrected chi connectivity index (χ3v) is 4.96. The molecule has 0 spiro atoms. The Kier molecular flexibility index (Phi) is 4.99. The van der Waals surface area contributed by atoms with E-state index in [0.29, 0.717) is 6.54 Å². The molecule has 0 radical (unpaired) electrons. The van der Waals surface area contributed by atoms with Crippen molar-refractivity contribution in [2.45, 2.75) is 26.3 Å². The van der Waals surface area contributed by atoms with Crippen LogP contribution < -0.4 is 11.2 Å². The molecule has 29 heavy (non-hydrogen) atoms. The van der Waals surface area contributed by atoms with E-state index < -0.39 is 11.2 Å². The number of allylic oxidation sites excluding steroid dienone is 1. The van der Waals surface area contributed by atoms with Gasteiger partial charge in [0.25, 0.3) is 5.56 Å². The van der Waals surface area contributed by atoms with Gasteiger partial charge in [-0.2, -0.15) is 0 Å². The molecule has 1 aromatic heterocycles. The first kappa shape index (κ1) is 18.7. The first-order valence-corrected chi connectivity index (χ1v) is 9.62. The minimum absolute atomic E-state index is 0.0519. The Bertz CT molecular complexity index is 1230. The van der Waals surface area contributed by atoms with E-state index in [4.69, 9.17) is 4.99 Å². The number of aromatic amines is 1. The second kappa shape index (κ2) is 7.75. The maximum atomic E-state index is 12.5. The summed E-state index contributed by atoms with van der Waals surface area (Å²) in [7, 11) is 0. The lowest BCUT2D eigenvalue weighted by molar-refractivity contribution is 0.394. The number of fused-ring (bicyclic) bond motifs is 1. The van der Waals surface area contributed by atoms with E-state index in [0.717, 1.165) is 40.9 Å². The van der Waals surface area contributed by atoms with E-state index >= 15 is 0 Å². The maximum absolute atomic E-state index is 12.5. The minimum atomic E-state index is -0.621. The van der Waals surface area contributed by atoms with Gasteiger partial charge in [-0.1, -0.05) is 61.9 Å². The molecule has 0 saturated heterocycles. The summed E-state index contributed by atoms with van der Waals surface area (Å²) in [6.45, 7) is 2.33. The van der Waals surface area contributed by atoms with Crippen LogP contribution >= 0.6 is 0 Å². The lowest BCUT2D eigenvalue weighted by Gasteiger charge is -2.11. The summed E-state index contributed by atoms with van der Waals surface area (Å²) < 4.78 is 1.21. The zero-order chi connectivity index (χ0) is 20.4.